The second kappa shape index (κ2) is 7.15. The normalized spacial score (nSPS) is 24.3. The van der Waals surface area contributed by atoms with Crippen LogP contribution in [0.4, 0.5) is 0 Å². The van der Waals surface area contributed by atoms with E-state index in [1.54, 1.807) is 12.2 Å². The molecule has 0 bridgehead atoms. The first kappa shape index (κ1) is 17.5. The zero-order valence-corrected chi connectivity index (χ0v) is 14.0. The van der Waals surface area contributed by atoms with E-state index in [-0.39, 0.29) is 12.0 Å². The molecule has 5 heteroatoms. The molecule has 0 spiro atoms. The molecule has 1 heterocycles. The third-order valence-corrected chi connectivity index (χ3v) is 3.59. The molecule has 1 aliphatic rings. The predicted octanol–water partition coefficient (Wildman–Crippen LogP) is 2.57. The Morgan fingerprint density at radius 3 is 2.39 bits per heavy atom. The smallest absolute Gasteiger partial charge is 0.303 e. The monoisotopic (exact) mass is 320 g/mol. The summed E-state index contributed by atoms with van der Waals surface area (Å²) in [6.07, 6.45) is 1.50. The van der Waals surface area contributed by atoms with Gasteiger partial charge in [-0.1, -0.05) is 32.9 Å². The summed E-state index contributed by atoms with van der Waals surface area (Å²) >= 11 is 0. The van der Waals surface area contributed by atoms with Crippen molar-refractivity contribution in [2.45, 2.75) is 51.6 Å². The van der Waals surface area contributed by atoms with Crippen LogP contribution >= 0.6 is 0 Å². The van der Waals surface area contributed by atoms with Crippen molar-refractivity contribution in [3.63, 3.8) is 0 Å². The number of aliphatic hydroxyl groups is 1. The average Bonchev–Trinajstić information content (AvgIpc) is 2.48. The lowest BCUT2D eigenvalue weighted by Crippen LogP contribution is -2.42. The van der Waals surface area contributed by atoms with E-state index in [1.807, 2.05) is 24.3 Å². The van der Waals surface area contributed by atoms with Crippen LogP contribution in [0.25, 0.3) is 0 Å². The van der Waals surface area contributed by atoms with Gasteiger partial charge in [0, 0.05) is 6.92 Å². The number of ether oxygens (including phenoxy) is 3. The number of hydrogen-bond acceptors (Lipinski definition) is 5. The van der Waals surface area contributed by atoms with Gasteiger partial charge in [-0.05, 0) is 35.3 Å². The number of rotatable bonds is 4. The lowest BCUT2D eigenvalue weighted by molar-refractivity contribution is -0.171. The molecule has 0 aliphatic carbocycles. The van der Waals surface area contributed by atoms with E-state index in [1.165, 1.54) is 12.5 Å². The van der Waals surface area contributed by atoms with Crippen LogP contribution in [-0.2, 0) is 19.7 Å². The van der Waals surface area contributed by atoms with Gasteiger partial charge in [-0.25, -0.2) is 0 Å². The van der Waals surface area contributed by atoms with Crippen LogP contribution in [0.3, 0.4) is 0 Å². The zero-order valence-electron chi connectivity index (χ0n) is 14.0. The highest BCUT2D eigenvalue weighted by Gasteiger charge is 2.29. The van der Waals surface area contributed by atoms with Gasteiger partial charge in [-0.15, -0.1) is 0 Å². The van der Waals surface area contributed by atoms with Crippen LogP contribution in [0.1, 0.15) is 33.3 Å². The van der Waals surface area contributed by atoms with E-state index in [9.17, 15) is 9.90 Å². The molecule has 5 nitrogen and oxygen atoms in total. The predicted molar refractivity (Wildman–Crippen MR) is 86.2 cm³/mol. The van der Waals surface area contributed by atoms with Crippen molar-refractivity contribution >= 4 is 5.97 Å². The highest BCUT2D eigenvalue weighted by atomic mass is 16.7. The van der Waals surface area contributed by atoms with Gasteiger partial charge < -0.3 is 19.3 Å². The van der Waals surface area contributed by atoms with Gasteiger partial charge >= 0.3 is 5.97 Å². The molecule has 3 atom stereocenters. The average molecular weight is 320 g/mol. The highest BCUT2D eigenvalue weighted by Crippen LogP contribution is 2.26. The maximum Gasteiger partial charge on any atom is 0.303 e. The molecule has 0 saturated carbocycles. The first-order valence-electron chi connectivity index (χ1n) is 7.68. The third kappa shape index (κ3) is 4.81. The van der Waals surface area contributed by atoms with Crippen LogP contribution in [0.2, 0.25) is 0 Å². The Balaban J connectivity index is 2.02. The topological polar surface area (TPSA) is 65.0 Å². The number of hydrogen-bond donors (Lipinski definition) is 1. The van der Waals surface area contributed by atoms with Crippen molar-refractivity contribution in [1.29, 1.82) is 0 Å². The summed E-state index contributed by atoms with van der Waals surface area (Å²) in [5, 5.41) is 9.38. The number of carbonyl (C=O) groups is 1. The minimum absolute atomic E-state index is 0.0823. The molecule has 0 fully saturated rings. The first-order chi connectivity index (χ1) is 10.8. The van der Waals surface area contributed by atoms with Crippen molar-refractivity contribution < 1.29 is 24.1 Å². The van der Waals surface area contributed by atoms with Crippen LogP contribution < -0.4 is 4.74 Å². The fourth-order valence-electron chi connectivity index (χ4n) is 2.31. The molecule has 0 amide bonds. The number of aliphatic hydroxyl groups excluding tert-OH is 1. The molecule has 1 N–H and O–H groups in total. The standard InChI is InChI=1S/C18H24O5/c1-12(20)21-15-9-10-17(23-16(15)11-19)22-14-7-5-13(6-8-14)18(2,3)4/h5-10,15-17,19H,11H2,1-4H3/t15-,16+,17?/m1/s1. The van der Waals surface area contributed by atoms with Gasteiger partial charge in [-0.2, -0.15) is 0 Å². The molecule has 0 saturated heterocycles. The lowest BCUT2D eigenvalue weighted by Gasteiger charge is -2.30. The quantitative estimate of drug-likeness (QED) is 0.682. The Hall–Kier alpha value is -1.85. The first-order valence-corrected chi connectivity index (χ1v) is 7.68. The van der Waals surface area contributed by atoms with Crippen molar-refractivity contribution in [1.82, 2.24) is 0 Å². The molecule has 2 rings (SSSR count). The van der Waals surface area contributed by atoms with E-state index in [2.05, 4.69) is 20.8 Å². The Morgan fingerprint density at radius 2 is 1.87 bits per heavy atom. The Bertz CT molecular complexity index is 556. The van der Waals surface area contributed by atoms with E-state index in [0.29, 0.717) is 5.75 Å². The van der Waals surface area contributed by atoms with Gasteiger partial charge in [0.05, 0.1) is 6.61 Å². The summed E-state index contributed by atoms with van der Waals surface area (Å²) in [7, 11) is 0. The van der Waals surface area contributed by atoms with E-state index in [4.69, 9.17) is 14.2 Å². The van der Waals surface area contributed by atoms with Gasteiger partial charge in [0.2, 0.25) is 6.29 Å². The zero-order chi connectivity index (χ0) is 17.0. The Kier molecular flexibility index (Phi) is 5.44. The molecule has 23 heavy (non-hydrogen) atoms. The molecular formula is C18H24O5. The largest absolute Gasteiger partial charge is 0.461 e. The number of carbonyl (C=O) groups excluding carboxylic acids is 1. The third-order valence-electron chi connectivity index (χ3n) is 3.59. The van der Waals surface area contributed by atoms with Gasteiger partial charge in [0.1, 0.15) is 18.0 Å². The second-order valence-corrected chi connectivity index (χ2v) is 6.58. The van der Waals surface area contributed by atoms with Crippen LogP contribution in [0.5, 0.6) is 5.75 Å². The fourth-order valence-corrected chi connectivity index (χ4v) is 2.31. The molecule has 0 radical (unpaired) electrons. The molecule has 126 valence electrons. The van der Waals surface area contributed by atoms with Gasteiger partial charge in [0.25, 0.3) is 0 Å². The lowest BCUT2D eigenvalue weighted by atomic mass is 9.87. The minimum atomic E-state index is -0.636. The van der Waals surface area contributed by atoms with Crippen molar-refractivity contribution in [3.05, 3.63) is 42.0 Å². The van der Waals surface area contributed by atoms with Crippen molar-refractivity contribution in [3.8, 4) is 5.75 Å². The van der Waals surface area contributed by atoms with E-state index < -0.39 is 24.5 Å². The second-order valence-electron chi connectivity index (χ2n) is 6.58. The van der Waals surface area contributed by atoms with E-state index in [0.717, 1.165) is 0 Å². The van der Waals surface area contributed by atoms with Crippen molar-refractivity contribution in [2.75, 3.05) is 6.61 Å². The van der Waals surface area contributed by atoms with Gasteiger partial charge in [0.15, 0.2) is 0 Å². The van der Waals surface area contributed by atoms with Crippen LogP contribution in [0, 0.1) is 0 Å². The van der Waals surface area contributed by atoms with Crippen LogP contribution in [-0.4, -0.2) is 36.2 Å². The summed E-state index contributed by atoms with van der Waals surface area (Å²) in [4.78, 5) is 11.0. The maximum absolute atomic E-state index is 11.0. The SMILES string of the molecule is CC(=O)O[C@@H]1C=CC(Oc2ccc(C(C)(C)C)cc2)O[C@H]1CO. The minimum Gasteiger partial charge on any atom is -0.461 e. The molecule has 1 unspecified atom stereocenters. The Labute approximate surface area is 136 Å². The summed E-state index contributed by atoms with van der Waals surface area (Å²) < 4.78 is 16.4. The van der Waals surface area contributed by atoms with Gasteiger partial charge in [-0.3, -0.25) is 4.79 Å². The summed E-state index contributed by atoms with van der Waals surface area (Å²) in [6, 6.07) is 7.83. The summed E-state index contributed by atoms with van der Waals surface area (Å²) in [5.74, 6) is 0.258. The van der Waals surface area contributed by atoms with Crippen LogP contribution in [0.15, 0.2) is 36.4 Å². The fraction of sp³-hybridized carbons (Fsp3) is 0.500. The summed E-state index contributed by atoms with van der Waals surface area (Å²) in [6.45, 7) is 7.51. The number of esters is 1. The molecule has 1 aliphatic heterocycles. The maximum atomic E-state index is 11.0. The molecular weight excluding hydrogens is 296 g/mol. The van der Waals surface area contributed by atoms with Crippen molar-refractivity contribution in [2.24, 2.45) is 0 Å². The molecule has 1 aromatic carbocycles. The number of benzene rings is 1. The molecule has 1 aromatic rings. The molecule has 0 aromatic heterocycles. The summed E-state index contributed by atoms with van der Waals surface area (Å²) in [5.41, 5.74) is 1.30. The Morgan fingerprint density at radius 1 is 1.22 bits per heavy atom. The highest BCUT2D eigenvalue weighted by molar-refractivity contribution is 5.66. The van der Waals surface area contributed by atoms with E-state index >= 15 is 0 Å².